The zero-order valence-electron chi connectivity index (χ0n) is 10.4. The molecule has 0 atom stereocenters. The van der Waals surface area contributed by atoms with Crippen LogP contribution in [0.25, 0.3) is 16.9 Å². The van der Waals surface area contributed by atoms with Crippen LogP contribution >= 0.6 is 0 Å². The number of pyridine rings is 1. The molecule has 1 aromatic carbocycles. The van der Waals surface area contributed by atoms with E-state index in [-0.39, 0.29) is 0 Å². The van der Waals surface area contributed by atoms with E-state index in [1.807, 2.05) is 41.1 Å². The van der Waals surface area contributed by atoms with E-state index in [2.05, 4.69) is 11.1 Å². The molecule has 0 unspecified atom stereocenters. The maximum absolute atomic E-state index is 8.91. The van der Waals surface area contributed by atoms with Gasteiger partial charge in [-0.3, -0.25) is 0 Å². The SMILES string of the molecule is COc1cc(C#N)ccc1-c1cn2ccccc2n1. The lowest BCUT2D eigenvalue weighted by molar-refractivity contribution is 0.416. The van der Waals surface area contributed by atoms with E-state index in [1.165, 1.54) is 0 Å². The molecular weight excluding hydrogens is 238 g/mol. The Morgan fingerprint density at radius 2 is 2.16 bits per heavy atom. The molecule has 0 radical (unpaired) electrons. The van der Waals surface area contributed by atoms with Gasteiger partial charge in [-0.15, -0.1) is 0 Å². The molecule has 0 aliphatic carbocycles. The molecule has 0 aliphatic heterocycles. The van der Waals surface area contributed by atoms with Gasteiger partial charge in [0.15, 0.2) is 0 Å². The van der Waals surface area contributed by atoms with E-state index in [9.17, 15) is 0 Å². The summed E-state index contributed by atoms with van der Waals surface area (Å²) >= 11 is 0. The zero-order valence-corrected chi connectivity index (χ0v) is 10.4. The summed E-state index contributed by atoms with van der Waals surface area (Å²) < 4.78 is 7.29. The maximum Gasteiger partial charge on any atom is 0.137 e. The van der Waals surface area contributed by atoms with E-state index >= 15 is 0 Å². The first-order chi connectivity index (χ1) is 9.31. The number of benzene rings is 1. The summed E-state index contributed by atoms with van der Waals surface area (Å²) in [5, 5.41) is 8.91. The number of ether oxygens (including phenoxy) is 1. The Balaban J connectivity index is 2.18. The lowest BCUT2D eigenvalue weighted by Crippen LogP contribution is -1.89. The van der Waals surface area contributed by atoms with Crippen molar-refractivity contribution in [2.24, 2.45) is 0 Å². The van der Waals surface area contributed by atoms with Gasteiger partial charge < -0.3 is 9.14 Å². The first kappa shape index (κ1) is 11.3. The number of fused-ring (bicyclic) bond motifs is 1. The Labute approximate surface area is 110 Å². The van der Waals surface area contributed by atoms with Crippen molar-refractivity contribution < 1.29 is 4.74 Å². The predicted octanol–water partition coefficient (Wildman–Crippen LogP) is 2.88. The highest BCUT2D eigenvalue weighted by atomic mass is 16.5. The quantitative estimate of drug-likeness (QED) is 0.701. The van der Waals surface area contributed by atoms with Gasteiger partial charge >= 0.3 is 0 Å². The van der Waals surface area contributed by atoms with Gasteiger partial charge in [0.2, 0.25) is 0 Å². The number of hydrogen-bond acceptors (Lipinski definition) is 3. The highest BCUT2D eigenvalue weighted by molar-refractivity contribution is 5.70. The van der Waals surface area contributed by atoms with Crippen molar-refractivity contribution in [2.45, 2.75) is 0 Å². The van der Waals surface area contributed by atoms with Gasteiger partial charge in [-0.1, -0.05) is 6.07 Å². The van der Waals surface area contributed by atoms with Crippen LogP contribution in [0.1, 0.15) is 5.56 Å². The average molecular weight is 249 g/mol. The van der Waals surface area contributed by atoms with E-state index in [0.717, 1.165) is 16.9 Å². The largest absolute Gasteiger partial charge is 0.496 e. The molecule has 0 saturated heterocycles. The van der Waals surface area contributed by atoms with E-state index in [4.69, 9.17) is 10.00 Å². The third-order valence-electron chi connectivity index (χ3n) is 2.97. The Hall–Kier alpha value is -2.80. The normalized spacial score (nSPS) is 10.3. The van der Waals surface area contributed by atoms with Crippen LogP contribution in [-0.2, 0) is 0 Å². The molecule has 2 heterocycles. The summed E-state index contributed by atoms with van der Waals surface area (Å²) in [5.41, 5.74) is 3.16. The first-order valence-corrected chi connectivity index (χ1v) is 5.84. The second-order valence-corrected chi connectivity index (χ2v) is 4.12. The molecule has 0 amide bonds. The van der Waals surface area contributed by atoms with Crippen molar-refractivity contribution in [1.82, 2.24) is 9.38 Å². The number of methoxy groups -OCH3 is 1. The van der Waals surface area contributed by atoms with E-state index in [0.29, 0.717) is 11.3 Å². The van der Waals surface area contributed by atoms with Crippen molar-refractivity contribution in [3.8, 4) is 23.1 Å². The third kappa shape index (κ3) is 1.91. The van der Waals surface area contributed by atoms with Gasteiger partial charge in [-0.05, 0) is 30.3 Å². The standard InChI is InChI=1S/C15H11N3O/c1-19-14-8-11(9-16)5-6-12(14)13-10-18-7-3-2-4-15(18)17-13/h2-8,10H,1H3. The van der Waals surface area contributed by atoms with Gasteiger partial charge in [0.25, 0.3) is 0 Å². The van der Waals surface area contributed by atoms with Crippen molar-refractivity contribution in [3.63, 3.8) is 0 Å². The van der Waals surface area contributed by atoms with Crippen LogP contribution in [0.15, 0.2) is 48.8 Å². The summed E-state index contributed by atoms with van der Waals surface area (Å²) in [6, 6.07) is 13.3. The second-order valence-electron chi connectivity index (χ2n) is 4.12. The van der Waals surface area contributed by atoms with Crippen LogP contribution in [0.4, 0.5) is 0 Å². The second kappa shape index (κ2) is 4.46. The van der Waals surface area contributed by atoms with Gasteiger partial charge in [-0.25, -0.2) is 4.98 Å². The Bertz CT molecular complexity index is 750. The summed E-state index contributed by atoms with van der Waals surface area (Å²) in [7, 11) is 1.59. The van der Waals surface area contributed by atoms with Crippen LogP contribution in [0.5, 0.6) is 5.75 Å². The molecular formula is C15H11N3O. The molecule has 4 nitrogen and oxygen atoms in total. The summed E-state index contributed by atoms with van der Waals surface area (Å²) in [4.78, 5) is 4.55. The minimum Gasteiger partial charge on any atom is -0.496 e. The summed E-state index contributed by atoms with van der Waals surface area (Å²) in [6.45, 7) is 0. The average Bonchev–Trinajstić information content (AvgIpc) is 2.90. The molecule has 3 aromatic rings. The molecule has 0 aliphatic rings. The molecule has 0 saturated carbocycles. The minimum absolute atomic E-state index is 0.573. The fourth-order valence-corrected chi connectivity index (χ4v) is 2.04. The van der Waals surface area contributed by atoms with Crippen LogP contribution in [-0.4, -0.2) is 16.5 Å². The Morgan fingerprint density at radius 1 is 1.26 bits per heavy atom. The van der Waals surface area contributed by atoms with Gasteiger partial charge in [0.05, 0.1) is 24.4 Å². The Morgan fingerprint density at radius 3 is 2.89 bits per heavy atom. The molecule has 3 rings (SSSR count). The summed E-state index contributed by atoms with van der Waals surface area (Å²) in [6.07, 6.45) is 3.89. The van der Waals surface area contributed by atoms with Gasteiger partial charge in [0.1, 0.15) is 11.4 Å². The topological polar surface area (TPSA) is 50.3 Å². The van der Waals surface area contributed by atoms with Crippen LogP contribution < -0.4 is 4.74 Å². The number of nitrogens with zero attached hydrogens (tertiary/aromatic N) is 3. The molecule has 0 bridgehead atoms. The summed E-state index contributed by atoms with van der Waals surface area (Å²) in [5.74, 6) is 0.655. The highest BCUT2D eigenvalue weighted by Crippen LogP contribution is 2.30. The minimum atomic E-state index is 0.573. The fraction of sp³-hybridized carbons (Fsp3) is 0.0667. The van der Waals surface area contributed by atoms with Crippen LogP contribution in [0.2, 0.25) is 0 Å². The lowest BCUT2D eigenvalue weighted by Gasteiger charge is -2.05. The van der Waals surface area contributed by atoms with Crippen molar-refractivity contribution in [1.29, 1.82) is 5.26 Å². The number of nitriles is 1. The van der Waals surface area contributed by atoms with Crippen LogP contribution in [0.3, 0.4) is 0 Å². The molecule has 0 fully saturated rings. The third-order valence-corrected chi connectivity index (χ3v) is 2.97. The first-order valence-electron chi connectivity index (χ1n) is 5.84. The van der Waals surface area contributed by atoms with Crippen molar-refractivity contribution >= 4 is 5.65 Å². The molecule has 0 spiro atoms. The zero-order chi connectivity index (χ0) is 13.2. The van der Waals surface area contributed by atoms with Crippen molar-refractivity contribution in [2.75, 3.05) is 7.11 Å². The number of aromatic nitrogens is 2. The van der Waals surface area contributed by atoms with E-state index in [1.54, 1.807) is 19.2 Å². The van der Waals surface area contributed by atoms with Gasteiger partial charge in [-0.2, -0.15) is 5.26 Å². The smallest absolute Gasteiger partial charge is 0.137 e. The Kier molecular flexibility index (Phi) is 2.66. The maximum atomic E-state index is 8.91. The fourth-order valence-electron chi connectivity index (χ4n) is 2.04. The molecule has 4 heteroatoms. The molecule has 19 heavy (non-hydrogen) atoms. The predicted molar refractivity (Wildman–Crippen MR) is 71.9 cm³/mol. The monoisotopic (exact) mass is 249 g/mol. The molecule has 2 aromatic heterocycles. The number of rotatable bonds is 2. The van der Waals surface area contributed by atoms with Crippen molar-refractivity contribution in [3.05, 3.63) is 54.4 Å². The van der Waals surface area contributed by atoms with Crippen LogP contribution in [0, 0.1) is 11.3 Å². The number of imidazole rings is 1. The van der Waals surface area contributed by atoms with Gasteiger partial charge in [0, 0.05) is 18.0 Å². The molecule has 92 valence electrons. The highest BCUT2D eigenvalue weighted by Gasteiger charge is 2.10. The number of hydrogen-bond donors (Lipinski definition) is 0. The molecule has 0 N–H and O–H groups in total. The van der Waals surface area contributed by atoms with E-state index < -0.39 is 0 Å². The lowest BCUT2D eigenvalue weighted by atomic mass is 10.1.